The molecule has 0 aliphatic heterocycles. The van der Waals surface area contributed by atoms with E-state index in [1.54, 1.807) is 0 Å². The molecule has 2 rings (SSSR count). The van der Waals surface area contributed by atoms with Gasteiger partial charge in [-0.3, -0.25) is 0 Å². The van der Waals surface area contributed by atoms with Crippen LogP contribution in [0.5, 0.6) is 5.75 Å². The Kier molecular flexibility index (Phi) is 4.23. The Labute approximate surface area is 126 Å². The monoisotopic (exact) mass is 331 g/mol. The number of alkyl halides is 6. The summed E-state index contributed by atoms with van der Waals surface area (Å²) >= 11 is 0. The summed E-state index contributed by atoms with van der Waals surface area (Å²) in [6, 6.07) is 8.90. The largest absolute Gasteiger partial charge is 0.573 e. The first-order chi connectivity index (χ1) is 10.6. The van der Waals surface area contributed by atoms with Crippen LogP contribution in [0.1, 0.15) is 11.1 Å². The summed E-state index contributed by atoms with van der Waals surface area (Å²) in [5.41, 5.74) is -1.60. The summed E-state index contributed by atoms with van der Waals surface area (Å²) in [6.07, 6.45) is -9.65. The van der Waals surface area contributed by atoms with Crippen LogP contribution < -0.4 is 4.74 Å². The fourth-order valence-corrected chi connectivity index (χ4v) is 1.93. The average Bonchev–Trinajstić information content (AvgIpc) is 2.44. The molecule has 0 saturated carbocycles. The van der Waals surface area contributed by atoms with Crippen molar-refractivity contribution < 1.29 is 31.1 Å². The number of hydrogen-bond donors (Lipinski definition) is 0. The standard InChI is InChI=1S/C15H7F6NO/c16-14(17,18)13-7-10(4-5-11(13)8-22)9-2-1-3-12(6-9)23-15(19,20)21/h1-7H. The molecule has 0 aliphatic carbocycles. The van der Waals surface area contributed by atoms with Crippen molar-refractivity contribution in [2.75, 3.05) is 0 Å². The Morgan fingerprint density at radius 2 is 1.52 bits per heavy atom. The molecule has 0 atom stereocenters. The highest BCUT2D eigenvalue weighted by Crippen LogP contribution is 2.35. The van der Waals surface area contributed by atoms with Gasteiger partial charge >= 0.3 is 12.5 Å². The van der Waals surface area contributed by atoms with Gasteiger partial charge in [-0.2, -0.15) is 18.4 Å². The molecule has 0 aliphatic rings. The molecule has 120 valence electrons. The van der Waals surface area contributed by atoms with Crippen molar-refractivity contribution in [2.45, 2.75) is 12.5 Å². The molecule has 0 fully saturated rings. The summed E-state index contributed by atoms with van der Waals surface area (Å²) < 4.78 is 79.0. The average molecular weight is 331 g/mol. The van der Waals surface area contributed by atoms with Gasteiger partial charge in [-0.05, 0) is 35.4 Å². The van der Waals surface area contributed by atoms with E-state index in [1.807, 2.05) is 0 Å². The molecule has 0 N–H and O–H groups in total. The molecule has 0 radical (unpaired) electrons. The Balaban J connectivity index is 2.47. The number of ether oxygens (including phenoxy) is 1. The molecule has 0 aromatic heterocycles. The third-order valence-electron chi connectivity index (χ3n) is 2.85. The number of benzene rings is 2. The maximum atomic E-state index is 12.9. The zero-order chi connectivity index (χ0) is 17.3. The molecule has 23 heavy (non-hydrogen) atoms. The molecule has 0 heterocycles. The second kappa shape index (κ2) is 5.83. The summed E-state index contributed by atoms with van der Waals surface area (Å²) in [5, 5.41) is 8.72. The SMILES string of the molecule is N#Cc1ccc(-c2cccc(OC(F)(F)F)c2)cc1C(F)(F)F. The van der Waals surface area contributed by atoms with E-state index in [4.69, 9.17) is 5.26 Å². The molecular weight excluding hydrogens is 324 g/mol. The molecule has 2 aromatic carbocycles. The van der Waals surface area contributed by atoms with Crippen LogP contribution in [0.25, 0.3) is 11.1 Å². The van der Waals surface area contributed by atoms with Crippen molar-refractivity contribution in [3.8, 4) is 22.9 Å². The lowest BCUT2D eigenvalue weighted by atomic mass is 9.99. The molecule has 0 spiro atoms. The highest BCUT2D eigenvalue weighted by Gasteiger charge is 2.34. The quantitative estimate of drug-likeness (QED) is 0.714. The van der Waals surface area contributed by atoms with Gasteiger partial charge in [0, 0.05) is 0 Å². The normalized spacial score (nSPS) is 11.9. The van der Waals surface area contributed by atoms with E-state index in [0.717, 1.165) is 18.2 Å². The minimum atomic E-state index is -4.90. The van der Waals surface area contributed by atoms with Gasteiger partial charge in [0.15, 0.2) is 0 Å². The molecule has 2 aromatic rings. The smallest absolute Gasteiger partial charge is 0.406 e. The molecule has 0 amide bonds. The van der Waals surface area contributed by atoms with E-state index in [1.165, 1.54) is 24.3 Å². The minimum absolute atomic E-state index is 0.0175. The number of nitriles is 1. The second-order valence-corrected chi connectivity index (χ2v) is 4.45. The fourth-order valence-electron chi connectivity index (χ4n) is 1.93. The predicted molar refractivity (Wildman–Crippen MR) is 68.3 cm³/mol. The second-order valence-electron chi connectivity index (χ2n) is 4.45. The van der Waals surface area contributed by atoms with Crippen molar-refractivity contribution in [1.29, 1.82) is 5.26 Å². The molecule has 2 nitrogen and oxygen atoms in total. The first-order valence-corrected chi connectivity index (χ1v) is 6.08. The van der Waals surface area contributed by atoms with Gasteiger partial charge in [-0.1, -0.05) is 18.2 Å². The van der Waals surface area contributed by atoms with Gasteiger partial charge in [0.1, 0.15) is 5.75 Å². The molecule has 0 bridgehead atoms. The highest BCUT2D eigenvalue weighted by molar-refractivity contribution is 5.67. The van der Waals surface area contributed by atoms with Gasteiger partial charge in [-0.25, -0.2) is 0 Å². The van der Waals surface area contributed by atoms with Crippen molar-refractivity contribution >= 4 is 0 Å². The van der Waals surface area contributed by atoms with Crippen LogP contribution in [0.4, 0.5) is 26.3 Å². The number of rotatable bonds is 2. The Bertz CT molecular complexity index is 758. The van der Waals surface area contributed by atoms with E-state index in [0.29, 0.717) is 6.07 Å². The van der Waals surface area contributed by atoms with Crippen molar-refractivity contribution in [3.63, 3.8) is 0 Å². The topological polar surface area (TPSA) is 33.0 Å². The fraction of sp³-hybridized carbons (Fsp3) is 0.133. The third kappa shape index (κ3) is 4.16. The van der Waals surface area contributed by atoms with Crippen LogP contribution >= 0.6 is 0 Å². The van der Waals surface area contributed by atoms with Gasteiger partial charge in [-0.15, -0.1) is 13.2 Å². The summed E-state index contributed by atoms with van der Waals surface area (Å²) in [6.45, 7) is 0. The van der Waals surface area contributed by atoms with Gasteiger partial charge in [0.2, 0.25) is 0 Å². The van der Waals surface area contributed by atoms with E-state index < -0.39 is 29.4 Å². The van der Waals surface area contributed by atoms with Crippen LogP contribution in [0.15, 0.2) is 42.5 Å². The Morgan fingerprint density at radius 3 is 2.09 bits per heavy atom. The number of hydrogen-bond acceptors (Lipinski definition) is 2. The zero-order valence-corrected chi connectivity index (χ0v) is 11.2. The maximum absolute atomic E-state index is 12.9. The van der Waals surface area contributed by atoms with Crippen LogP contribution in [-0.4, -0.2) is 6.36 Å². The number of nitrogens with zero attached hydrogens (tertiary/aromatic N) is 1. The van der Waals surface area contributed by atoms with E-state index >= 15 is 0 Å². The maximum Gasteiger partial charge on any atom is 0.573 e. The van der Waals surface area contributed by atoms with E-state index in [9.17, 15) is 26.3 Å². The molecule has 8 heteroatoms. The van der Waals surface area contributed by atoms with Crippen LogP contribution in [-0.2, 0) is 6.18 Å². The van der Waals surface area contributed by atoms with Crippen LogP contribution in [0.3, 0.4) is 0 Å². The lowest BCUT2D eigenvalue weighted by molar-refractivity contribution is -0.274. The van der Waals surface area contributed by atoms with Crippen molar-refractivity contribution in [1.82, 2.24) is 0 Å². The Morgan fingerprint density at radius 1 is 0.870 bits per heavy atom. The highest BCUT2D eigenvalue weighted by atomic mass is 19.4. The minimum Gasteiger partial charge on any atom is -0.406 e. The Hall–Kier alpha value is -2.69. The number of halogens is 6. The third-order valence-corrected chi connectivity index (χ3v) is 2.85. The summed E-state index contributed by atoms with van der Waals surface area (Å²) in [4.78, 5) is 0. The van der Waals surface area contributed by atoms with Crippen LogP contribution in [0, 0.1) is 11.3 Å². The lowest BCUT2D eigenvalue weighted by Crippen LogP contribution is -2.17. The summed E-state index contributed by atoms with van der Waals surface area (Å²) in [5.74, 6) is -0.548. The molecule has 0 saturated heterocycles. The van der Waals surface area contributed by atoms with Gasteiger partial charge in [0.25, 0.3) is 0 Å². The van der Waals surface area contributed by atoms with Gasteiger partial charge in [0.05, 0.1) is 17.2 Å². The van der Waals surface area contributed by atoms with Crippen molar-refractivity contribution in [2.24, 2.45) is 0 Å². The zero-order valence-electron chi connectivity index (χ0n) is 11.2. The predicted octanol–water partition coefficient (Wildman–Crippen LogP) is 5.14. The lowest BCUT2D eigenvalue weighted by Gasteiger charge is -2.12. The summed E-state index contributed by atoms with van der Waals surface area (Å²) in [7, 11) is 0. The van der Waals surface area contributed by atoms with Crippen molar-refractivity contribution in [3.05, 3.63) is 53.6 Å². The first-order valence-electron chi connectivity index (χ1n) is 6.08. The van der Waals surface area contributed by atoms with Crippen LogP contribution in [0.2, 0.25) is 0 Å². The first kappa shape index (κ1) is 16.7. The van der Waals surface area contributed by atoms with E-state index in [-0.39, 0.29) is 11.1 Å². The van der Waals surface area contributed by atoms with E-state index in [2.05, 4.69) is 4.74 Å². The molecular formula is C15H7F6NO. The molecule has 0 unspecified atom stereocenters. The van der Waals surface area contributed by atoms with Gasteiger partial charge < -0.3 is 4.74 Å².